The number of rotatable bonds is 7. The van der Waals surface area contributed by atoms with E-state index in [2.05, 4.69) is 43.0 Å². The maximum Gasteiger partial charge on any atom is 0.320 e. The number of ether oxygens (including phenoxy) is 2. The van der Waals surface area contributed by atoms with Gasteiger partial charge in [0.2, 0.25) is 0 Å². The van der Waals surface area contributed by atoms with Gasteiger partial charge in [-0.3, -0.25) is 9.69 Å². The van der Waals surface area contributed by atoms with Crippen molar-refractivity contribution in [1.29, 1.82) is 0 Å². The molecule has 0 saturated carbocycles. The standard InChI is InChI=1S/C23H29NO4/c1-15(2)16-7-9-17(10-8-16)22(24-13-5-6-19(24)23(25)26)18-11-12-20(27-3)21(14-18)28-4/h7-12,14-15,19,22H,5-6,13H2,1-4H3,(H,25,26). The molecule has 0 spiro atoms. The van der Waals surface area contributed by atoms with Crippen LogP contribution in [0, 0.1) is 0 Å². The maximum absolute atomic E-state index is 11.9. The summed E-state index contributed by atoms with van der Waals surface area (Å²) in [6.45, 7) is 5.09. The van der Waals surface area contributed by atoms with E-state index in [1.165, 1.54) is 5.56 Å². The average Bonchev–Trinajstić information content (AvgIpc) is 3.18. The van der Waals surface area contributed by atoms with Gasteiger partial charge in [-0.05, 0) is 47.6 Å². The number of carboxylic acid groups (broad SMARTS) is 1. The summed E-state index contributed by atoms with van der Waals surface area (Å²) in [5, 5.41) is 9.74. The SMILES string of the molecule is COc1ccc(C(c2ccc(C(C)C)cc2)N2CCCC2C(=O)O)cc1OC. The molecule has 2 aromatic carbocycles. The van der Waals surface area contributed by atoms with Gasteiger partial charge in [0.05, 0.1) is 20.3 Å². The Balaban J connectivity index is 2.08. The largest absolute Gasteiger partial charge is 0.493 e. The van der Waals surface area contributed by atoms with Crippen LogP contribution in [-0.4, -0.2) is 42.8 Å². The molecule has 1 fully saturated rings. The predicted molar refractivity (Wildman–Crippen MR) is 109 cm³/mol. The Morgan fingerprint density at radius 2 is 1.61 bits per heavy atom. The topological polar surface area (TPSA) is 59.0 Å². The van der Waals surface area contributed by atoms with Crippen LogP contribution in [0.2, 0.25) is 0 Å². The monoisotopic (exact) mass is 383 g/mol. The third-order valence-corrected chi connectivity index (χ3v) is 5.55. The summed E-state index contributed by atoms with van der Waals surface area (Å²) in [5.41, 5.74) is 3.36. The Morgan fingerprint density at radius 3 is 2.18 bits per heavy atom. The van der Waals surface area contributed by atoms with Gasteiger partial charge in [-0.1, -0.05) is 44.2 Å². The van der Waals surface area contributed by atoms with Crippen LogP contribution in [0.1, 0.15) is 55.3 Å². The van der Waals surface area contributed by atoms with Crippen molar-refractivity contribution in [3.8, 4) is 11.5 Å². The molecule has 150 valence electrons. The first-order chi connectivity index (χ1) is 13.5. The van der Waals surface area contributed by atoms with Gasteiger partial charge in [0, 0.05) is 6.54 Å². The van der Waals surface area contributed by atoms with E-state index in [9.17, 15) is 9.90 Å². The van der Waals surface area contributed by atoms with E-state index in [4.69, 9.17) is 9.47 Å². The average molecular weight is 383 g/mol. The van der Waals surface area contributed by atoms with Crippen molar-refractivity contribution in [2.75, 3.05) is 20.8 Å². The molecule has 0 bridgehead atoms. The molecule has 28 heavy (non-hydrogen) atoms. The first-order valence-corrected chi connectivity index (χ1v) is 9.76. The van der Waals surface area contributed by atoms with Crippen molar-refractivity contribution in [2.24, 2.45) is 0 Å². The molecule has 1 aliphatic rings. The number of benzene rings is 2. The second-order valence-electron chi connectivity index (χ2n) is 7.57. The van der Waals surface area contributed by atoms with Crippen molar-refractivity contribution >= 4 is 5.97 Å². The molecule has 2 unspecified atom stereocenters. The number of hydrogen-bond acceptors (Lipinski definition) is 4. The Bertz CT molecular complexity index is 816. The maximum atomic E-state index is 11.9. The minimum absolute atomic E-state index is 0.149. The van der Waals surface area contributed by atoms with Crippen molar-refractivity contribution in [3.05, 3.63) is 59.2 Å². The Kier molecular flexibility index (Phi) is 6.25. The van der Waals surface area contributed by atoms with Gasteiger partial charge in [-0.15, -0.1) is 0 Å². The highest BCUT2D eigenvalue weighted by Gasteiger charge is 2.37. The fourth-order valence-corrected chi connectivity index (χ4v) is 4.02. The van der Waals surface area contributed by atoms with Crippen molar-refractivity contribution in [2.45, 2.75) is 44.7 Å². The lowest BCUT2D eigenvalue weighted by Gasteiger charge is -2.32. The number of methoxy groups -OCH3 is 2. The molecule has 0 radical (unpaired) electrons. The molecule has 0 aromatic heterocycles. The number of likely N-dealkylation sites (tertiary alicyclic amines) is 1. The summed E-state index contributed by atoms with van der Waals surface area (Å²) < 4.78 is 10.9. The zero-order valence-electron chi connectivity index (χ0n) is 17.0. The van der Waals surface area contributed by atoms with Crippen LogP contribution in [0.4, 0.5) is 0 Å². The van der Waals surface area contributed by atoms with Crippen molar-refractivity contribution in [1.82, 2.24) is 4.90 Å². The third kappa shape index (κ3) is 3.99. The smallest absolute Gasteiger partial charge is 0.320 e. The van der Waals surface area contributed by atoms with Crippen LogP contribution in [-0.2, 0) is 4.79 Å². The molecule has 3 rings (SSSR count). The van der Waals surface area contributed by atoms with Crippen LogP contribution in [0.5, 0.6) is 11.5 Å². The zero-order valence-corrected chi connectivity index (χ0v) is 17.0. The van der Waals surface area contributed by atoms with E-state index < -0.39 is 12.0 Å². The number of carbonyl (C=O) groups is 1. The van der Waals surface area contributed by atoms with Crippen LogP contribution in [0.15, 0.2) is 42.5 Å². The number of carboxylic acids is 1. The fraction of sp³-hybridized carbons (Fsp3) is 0.435. The predicted octanol–water partition coefficient (Wildman–Crippen LogP) is 4.47. The second kappa shape index (κ2) is 8.65. The lowest BCUT2D eigenvalue weighted by Crippen LogP contribution is -2.39. The van der Waals surface area contributed by atoms with Crippen LogP contribution in [0.25, 0.3) is 0 Å². The summed E-state index contributed by atoms with van der Waals surface area (Å²) in [5.74, 6) is 1.00. The van der Waals surface area contributed by atoms with E-state index in [-0.39, 0.29) is 6.04 Å². The van der Waals surface area contributed by atoms with Gasteiger partial charge >= 0.3 is 5.97 Å². The lowest BCUT2D eigenvalue weighted by molar-refractivity contribution is -0.142. The van der Waals surface area contributed by atoms with Gasteiger partial charge in [-0.2, -0.15) is 0 Å². The van der Waals surface area contributed by atoms with Gasteiger partial charge in [-0.25, -0.2) is 0 Å². The summed E-state index contributed by atoms with van der Waals surface area (Å²) in [6.07, 6.45) is 1.55. The second-order valence-corrected chi connectivity index (χ2v) is 7.57. The van der Waals surface area contributed by atoms with Crippen molar-refractivity contribution in [3.63, 3.8) is 0 Å². The summed E-state index contributed by atoms with van der Waals surface area (Å²) in [7, 11) is 3.23. The lowest BCUT2D eigenvalue weighted by atomic mass is 9.93. The molecule has 1 saturated heterocycles. The highest BCUT2D eigenvalue weighted by atomic mass is 16.5. The first-order valence-electron chi connectivity index (χ1n) is 9.76. The minimum Gasteiger partial charge on any atom is -0.493 e. The third-order valence-electron chi connectivity index (χ3n) is 5.55. The number of hydrogen-bond donors (Lipinski definition) is 1. The minimum atomic E-state index is -0.762. The van der Waals surface area contributed by atoms with Gasteiger partial charge in [0.15, 0.2) is 11.5 Å². The van der Waals surface area contributed by atoms with Crippen LogP contribution >= 0.6 is 0 Å². The van der Waals surface area contributed by atoms with E-state index in [0.29, 0.717) is 23.8 Å². The molecule has 5 nitrogen and oxygen atoms in total. The first kappa shape index (κ1) is 20.2. The summed E-state index contributed by atoms with van der Waals surface area (Å²) in [6, 6.07) is 13.7. The van der Waals surface area contributed by atoms with Gasteiger partial charge in [0.25, 0.3) is 0 Å². The van der Waals surface area contributed by atoms with E-state index in [1.54, 1.807) is 14.2 Å². The molecule has 1 heterocycles. The van der Waals surface area contributed by atoms with Crippen LogP contribution in [0.3, 0.4) is 0 Å². The molecule has 5 heteroatoms. The zero-order chi connectivity index (χ0) is 20.3. The molecular formula is C23H29NO4. The highest BCUT2D eigenvalue weighted by Crippen LogP contribution is 2.38. The molecule has 1 N–H and O–H groups in total. The Labute approximate surface area is 166 Å². The summed E-state index contributed by atoms with van der Waals surface area (Å²) in [4.78, 5) is 14.0. The van der Waals surface area contributed by atoms with E-state index in [1.807, 2.05) is 18.2 Å². The number of aliphatic carboxylic acids is 1. The number of nitrogens with zero attached hydrogens (tertiary/aromatic N) is 1. The normalized spacial score (nSPS) is 18.2. The molecule has 2 aromatic rings. The van der Waals surface area contributed by atoms with Crippen molar-refractivity contribution < 1.29 is 19.4 Å². The molecule has 0 amide bonds. The van der Waals surface area contributed by atoms with E-state index >= 15 is 0 Å². The molecular weight excluding hydrogens is 354 g/mol. The van der Waals surface area contributed by atoms with E-state index in [0.717, 1.165) is 24.1 Å². The quantitative estimate of drug-likeness (QED) is 0.765. The Morgan fingerprint density at radius 1 is 1.00 bits per heavy atom. The highest BCUT2D eigenvalue weighted by molar-refractivity contribution is 5.74. The van der Waals surface area contributed by atoms with Gasteiger partial charge in [0.1, 0.15) is 6.04 Å². The molecule has 1 aliphatic heterocycles. The van der Waals surface area contributed by atoms with Crippen LogP contribution < -0.4 is 9.47 Å². The van der Waals surface area contributed by atoms with Gasteiger partial charge < -0.3 is 14.6 Å². The Hall–Kier alpha value is -2.53. The summed E-state index contributed by atoms with van der Waals surface area (Å²) >= 11 is 0. The molecule has 2 atom stereocenters. The molecule has 0 aliphatic carbocycles. The fourth-order valence-electron chi connectivity index (χ4n) is 4.02.